The van der Waals surface area contributed by atoms with Gasteiger partial charge in [-0.05, 0) is 23.8 Å². The lowest BCUT2D eigenvalue weighted by atomic mass is 10.1. The zero-order valence-electron chi connectivity index (χ0n) is 7.60. The second-order valence-corrected chi connectivity index (χ2v) is 3.81. The first kappa shape index (κ1) is 10.5. The van der Waals surface area contributed by atoms with E-state index in [0.29, 0.717) is 15.6 Å². The largest absolute Gasteiger partial charge is 0.207 e. The van der Waals surface area contributed by atoms with E-state index in [2.05, 4.69) is 6.07 Å². The van der Waals surface area contributed by atoms with Gasteiger partial charge in [-0.25, -0.2) is 4.39 Å². The first-order valence-electron chi connectivity index (χ1n) is 4.30. The van der Waals surface area contributed by atoms with Crippen LogP contribution in [0.15, 0.2) is 36.4 Å². The van der Waals surface area contributed by atoms with Gasteiger partial charge in [-0.2, -0.15) is 0 Å². The minimum absolute atomic E-state index is 0.286. The molecule has 0 nitrogen and oxygen atoms in total. The Morgan fingerprint density at radius 3 is 2.27 bits per heavy atom. The third-order valence-corrected chi connectivity index (χ3v) is 2.64. The van der Waals surface area contributed by atoms with Gasteiger partial charge < -0.3 is 0 Å². The van der Waals surface area contributed by atoms with E-state index in [4.69, 9.17) is 23.2 Å². The Bertz CT molecular complexity index is 457. The van der Waals surface area contributed by atoms with E-state index in [9.17, 15) is 4.39 Å². The highest BCUT2D eigenvalue weighted by Gasteiger charge is 2.07. The molecule has 0 amide bonds. The van der Waals surface area contributed by atoms with E-state index >= 15 is 0 Å². The van der Waals surface area contributed by atoms with Crippen LogP contribution in [0.2, 0.25) is 10.0 Å². The summed E-state index contributed by atoms with van der Waals surface area (Å²) in [5, 5.41) is 0.972. The fourth-order valence-corrected chi connectivity index (χ4v) is 1.92. The predicted molar refractivity (Wildman–Crippen MR) is 60.7 cm³/mol. The first-order valence-corrected chi connectivity index (χ1v) is 5.05. The summed E-state index contributed by atoms with van der Waals surface area (Å²) in [6.07, 6.45) is 0. The number of halogens is 3. The van der Waals surface area contributed by atoms with Crippen molar-refractivity contribution in [1.29, 1.82) is 0 Å². The van der Waals surface area contributed by atoms with E-state index in [1.54, 1.807) is 24.3 Å². The molecule has 0 fully saturated rings. The molecule has 0 atom stereocenters. The molecule has 15 heavy (non-hydrogen) atoms. The molecule has 0 heterocycles. The zero-order chi connectivity index (χ0) is 10.8. The highest BCUT2D eigenvalue weighted by atomic mass is 35.5. The molecule has 0 saturated carbocycles. The summed E-state index contributed by atoms with van der Waals surface area (Å²) >= 11 is 12.0. The van der Waals surface area contributed by atoms with Gasteiger partial charge in [0.15, 0.2) is 0 Å². The van der Waals surface area contributed by atoms with Crippen LogP contribution in [-0.2, 0) is 0 Å². The average Bonchev–Trinajstić information content (AvgIpc) is 2.20. The van der Waals surface area contributed by atoms with Crippen molar-refractivity contribution in [3.63, 3.8) is 0 Å². The van der Waals surface area contributed by atoms with Crippen molar-refractivity contribution < 1.29 is 4.39 Å². The van der Waals surface area contributed by atoms with Crippen molar-refractivity contribution >= 4 is 23.2 Å². The molecule has 0 N–H and O–H groups in total. The Balaban J connectivity index is 2.58. The van der Waals surface area contributed by atoms with Gasteiger partial charge in [-0.15, -0.1) is 0 Å². The number of rotatable bonds is 1. The standard InChI is InChI=1S/C12H6Cl2F/c13-10-2-1-3-11(14)12(10)8-4-6-9(15)7-5-8/h1-2,4-7H. The lowest BCUT2D eigenvalue weighted by Gasteiger charge is -2.06. The lowest BCUT2D eigenvalue weighted by molar-refractivity contribution is 0.628. The van der Waals surface area contributed by atoms with Crippen molar-refractivity contribution in [2.24, 2.45) is 0 Å². The molecule has 0 bridgehead atoms. The van der Waals surface area contributed by atoms with Crippen molar-refractivity contribution in [2.45, 2.75) is 0 Å². The first-order chi connectivity index (χ1) is 7.18. The number of hydrogen-bond donors (Lipinski definition) is 0. The van der Waals surface area contributed by atoms with Gasteiger partial charge in [0.1, 0.15) is 5.82 Å². The molecule has 0 saturated heterocycles. The SMILES string of the molecule is Fc1ccc(-c2c(Cl)[c]ccc2Cl)cc1. The second-order valence-electron chi connectivity index (χ2n) is 3.02. The van der Waals surface area contributed by atoms with E-state index in [-0.39, 0.29) is 5.82 Å². The van der Waals surface area contributed by atoms with Gasteiger partial charge in [0.25, 0.3) is 0 Å². The second kappa shape index (κ2) is 4.21. The molecule has 2 rings (SSSR count). The van der Waals surface area contributed by atoms with Crippen LogP contribution in [0.4, 0.5) is 4.39 Å². The summed E-state index contributed by atoms with van der Waals surface area (Å²) in [6.45, 7) is 0. The van der Waals surface area contributed by atoms with Gasteiger partial charge in [-0.1, -0.05) is 41.4 Å². The van der Waals surface area contributed by atoms with Crippen LogP contribution in [0.1, 0.15) is 0 Å². The normalized spacial score (nSPS) is 10.3. The Hall–Kier alpha value is -1.05. The lowest BCUT2D eigenvalue weighted by Crippen LogP contribution is -1.82. The fourth-order valence-electron chi connectivity index (χ4n) is 1.33. The maximum atomic E-state index is 12.7. The van der Waals surface area contributed by atoms with E-state index in [1.807, 2.05) is 0 Å². The van der Waals surface area contributed by atoms with E-state index in [0.717, 1.165) is 5.56 Å². The summed E-state index contributed by atoms with van der Waals surface area (Å²) in [7, 11) is 0. The van der Waals surface area contributed by atoms with Crippen molar-refractivity contribution in [2.75, 3.05) is 0 Å². The monoisotopic (exact) mass is 239 g/mol. The highest BCUT2D eigenvalue weighted by Crippen LogP contribution is 2.33. The quantitative estimate of drug-likeness (QED) is 0.683. The van der Waals surface area contributed by atoms with Crippen LogP contribution >= 0.6 is 23.2 Å². The van der Waals surface area contributed by atoms with Crippen LogP contribution in [0, 0.1) is 11.9 Å². The van der Waals surface area contributed by atoms with Gasteiger partial charge in [-0.3, -0.25) is 0 Å². The molecule has 3 heteroatoms. The van der Waals surface area contributed by atoms with Crippen LogP contribution in [0.5, 0.6) is 0 Å². The van der Waals surface area contributed by atoms with Gasteiger partial charge in [0, 0.05) is 16.7 Å². The predicted octanol–water partition coefficient (Wildman–Crippen LogP) is 4.60. The van der Waals surface area contributed by atoms with Crippen molar-refractivity contribution in [1.82, 2.24) is 0 Å². The summed E-state index contributed by atoms with van der Waals surface area (Å²) in [5.74, 6) is -0.286. The van der Waals surface area contributed by atoms with Crippen molar-refractivity contribution in [3.8, 4) is 11.1 Å². The Morgan fingerprint density at radius 1 is 1.00 bits per heavy atom. The molecule has 0 aromatic heterocycles. The van der Waals surface area contributed by atoms with E-state index < -0.39 is 0 Å². The summed E-state index contributed by atoms with van der Waals surface area (Å²) in [6, 6.07) is 12.2. The summed E-state index contributed by atoms with van der Waals surface area (Å²) in [4.78, 5) is 0. The third-order valence-electron chi connectivity index (χ3n) is 2.03. The van der Waals surface area contributed by atoms with Crippen LogP contribution < -0.4 is 0 Å². The Labute approximate surface area is 97.3 Å². The fraction of sp³-hybridized carbons (Fsp3) is 0. The minimum atomic E-state index is -0.286. The molecule has 0 spiro atoms. The average molecular weight is 240 g/mol. The summed E-state index contributed by atoms with van der Waals surface area (Å²) in [5.41, 5.74) is 1.46. The number of hydrogen-bond acceptors (Lipinski definition) is 0. The molecular weight excluding hydrogens is 234 g/mol. The highest BCUT2D eigenvalue weighted by molar-refractivity contribution is 6.39. The molecular formula is C12H6Cl2F. The van der Waals surface area contributed by atoms with Gasteiger partial charge >= 0.3 is 0 Å². The number of benzene rings is 2. The molecule has 2 aromatic carbocycles. The topological polar surface area (TPSA) is 0 Å². The molecule has 75 valence electrons. The van der Waals surface area contributed by atoms with Gasteiger partial charge in [0.05, 0.1) is 5.02 Å². The molecule has 1 radical (unpaired) electrons. The summed E-state index contributed by atoms with van der Waals surface area (Å²) < 4.78 is 12.7. The maximum absolute atomic E-state index is 12.7. The molecule has 0 aliphatic heterocycles. The molecule has 0 aliphatic rings. The zero-order valence-corrected chi connectivity index (χ0v) is 9.11. The molecule has 0 aliphatic carbocycles. The maximum Gasteiger partial charge on any atom is 0.123 e. The van der Waals surface area contributed by atoms with Gasteiger partial charge in [0.2, 0.25) is 0 Å². The van der Waals surface area contributed by atoms with Crippen LogP contribution in [-0.4, -0.2) is 0 Å². The molecule has 2 aromatic rings. The third kappa shape index (κ3) is 2.14. The Kier molecular flexibility index (Phi) is 2.94. The van der Waals surface area contributed by atoms with Crippen molar-refractivity contribution in [3.05, 3.63) is 58.3 Å². The minimum Gasteiger partial charge on any atom is -0.207 e. The smallest absolute Gasteiger partial charge is 0.123 e. The van der Waals surface area contributed by atoms with Crippen LogP contribution in [0.25, 0.3) is 11.1 Å². The Morgan fingerprint density at radius 2 is 1.67 bits per heavy atom. The molecule has 0 unspecified atom stereocenters. The van der Waals surface area contributed by atoms with Crippen LogP contribution in [0.3, 0.4) is 0 Å². The van der Waals surface area contributed by atoms with E-state index in [1.165, 1.54) is 12.1 Å².